The monoisotopic (exact) mass is 419 g/mol. The van der Waals surface area contributed by atoms with Gasteiger partial charge in [0.1, 0.15) is 6.04 Å². The third kappa shape index (κ3) is 6.03. The number of benzene rings is 2. The van der Waals surface area contributed by atoms with Gasteiger partial charge in [-0.25, -0.2) is 0 Å². The molecule has 31 heavy (non-hydrogen) atoms. The van der Waals surface area contributed by atoms with Crippen LogP contribution in [0.1, 0.15) is 69.4 Å². The summed E-state index contributed by atoms with van der Waals surface area (Å²) in [4.78, 5) is 30.3. The molecule has 2 aromatic rings. The molecule has 0 saturated heterocycles. The predicted octanol–water partition coefficient (Wildman–Crippen LogP) is 5.09. The number of aliphatic imine (C=N–C) groups is 1. The average molecular weight is 420 g/mol. The number of fused-ring (bicyclic) bond motifs is 1. The molecule has 0 aliphatic carbocycles. The first-order valence-corrected chi connectivity index (χ1v) is 11.4. The van der Waals surface area contributed by atoms with Gasteiger partial charge >= 0.3 is 0 Å². The standard InChI is InChI=1S/C26H33N3O2/c1-2-3-4-5-6-7-11-17-21(25(27)30)24-26(31)28-22-18-13-12-16-20(22)23(29-24)19-14-9-8-10-15-19/h8-10,12-16,18,21,24H,2-7,11,17H2,1H3,(H2,27,30)(H,28,31). The third-order valence-electron chi connectivity index (χ3n) is 5.89. The molecular formula is C26H33N3O2. The minimum atomic E-state index is -0.833. The molecule has 0 bridgehead atoms. The molecule has 3 rings (SSSR count). The van der Waals surface area contributed by atoms with Crippen molar-refractivity contribution in [2.75, 3.05) is 5.32 Å². The Hall–Kier alpha value is -2.95. The minimum absolute atomic E-state index is 0.273. The van der Waals surface area contributed by atoms with Crippen LogP contribution in [-0.4, -0.2) is 23.6 Å². The summed E-state index contributed by atoms with van der Waals surface area (Å²) < 4.78 is 0. The van der Waals surface area contributed by atoms with Crippen LogP contribution in [0.2, 0.25) is 0 Å². The van der Waals surface area contributed by atoms with Crippen molar-refractivity contribution in [1.29, 1.82) is 0 Å². The molecule has 1 heterocycles. The van der Waals surface area contributed by atoms with Crippen LogP contribution in [0.3, 0.4) is 0 Å². The van der Waals surface area contributed by atoms with Crippen molar-refractivity contribution >= 4 is 23.2 Å². The van der Waals surface area contributed by atoms with E-state index in [0.29, 0.717) is 17.8 Å². The Morgan fingerprint density at radius 2 is 1.61 bits per heavy atom. The summed E-state index contributed by atoms with van der Waals surface area (Å²) in [6.45, 7) is 2.21. The molecule has 3 N–H and O–H groups in total. The zero-order chi connectivity index (χ0) is 22.1. The number of nitrogens with one attached hydrogen (secondary N) is 1. The molecular weight excluding hydrogens is 386 g/mol. The number of benzodiazepines with no additional fused rings is 1. The first-order valence-electron chi connectivity index (χ1n) is 11.4. The molecule has 164 valence electrons. The highest BCUT2D eigenvalue weighted by atomic mass is 16.2. The van der Waals surface area contributed by atoms with Crippen LogP contribution in [0.4, 0.5) is 5.69 Å². The number of hydrogen-bond donors (Lipinski definition) is 2. The summed E-state index contributed by atoms with van der Waals surface area (Å²) in [5.41, 5.74) is 8.94. The molecule has 0 spiro atoms. The Bertz CT molecular complexity index is 908. The predicted molar refractivity (Wildman–Crippen MR) is 126 cm³/mol. The van der Waals surface area contributed by atoms with Crippen LogP contribution < -0.4 is 11.1 Å². The summed E-state index contributed by atoms with van der Waals surface area (Å²) in [7, 11) is 0. The maximum atomic E-state index is 13.1. The number of amides is 2. The first kappa shape index (κ1) is 22.7. The van der Waals surface area contributed by atoms with E-state index in [1.807, 2.05) is 54.6 Å². The number of unbranched alkanes of at least 4 members (excludes halogenated alkanes) is 6. The summed E-state index contributed by atoms with van der Waals surface area (Å²) in [6.07, 6.45) is 8.59. The number of nitrogens with two attached hydrogens (primary N) is 1. The number of hydrogen-bond acceptors (Lipinski definition) is 3. The number of anilines is 1. The van der Waals surface area contributed by atoms with Crippen molar-refractivity contribution < 1.29 is 9.59 Å². The zero-order valence-electron chi connectivity index (χ0n) is 18.3. The molecule has 2 unspecified atom stereocenters. The van der Waals surface area contributed by atoms with E-state index >= 15 is 0 Å². The van der Waals surface area contributed by atoms with E-state index in [2.05, 4.69) is 12.2 Å². The van der Waals surface area contributed by atoms with Crippen LogP contribution in [0.25, 0.3) is 0 Å². The van der Waals surface area contributed by atoms with Gasteiger partial charge in [-0.15, -0.1) is 0 Å². The molecule has 2 atom stereocenters. The van der Waals surface area contributed by atoms with Gasteiger partial charge in [-0.3, -0.25) is 14.6 Å². The van der Waals surface area contributed by atoms with Crippen LogP contribution in [0.15, 0.2) is 59.6 Å². The lowest BCUT2D eigenvalue weighted by molar-refractivity contribution is -0.127. The fourth-order valence-electron chi connectivity index (χ4n) is 4.15. The SMILES string of the molecule is CCCCCCCCCC(C(N)=O)C1N=C(c2ccccc2)c2ccccc2NC1=O. The molecule has 1 aliphatic heterocycles. The minimum Gasteiger partial charge on any atom is -0.369 e. The van der Waals surface area contributed by atoms with Gasteiger partial charge in [-0.05, 0) is 12.5 Å². The number of para-hydroxylation sites is 1. The normalized spacial score (nSPS) is 16.6. The molecule has 0 radical (unpaired) electrons. The zero-order valence-corrected chi connectivity index (χ0v) is 18.3. The Morgan fingerprint density at radius 1 is 0.968 bits per heavy atom. The van der Waals surface area contributed by atoms with Crippen LogP contribution in [0, 0.1) is 5.92 Å². The van der Waals surface area contributed by atoms with Gasteiger partial charge < -0.3 is 11.1 Å². The molecule has 0 aromatic heterocycles. The van der Waals surface area contributed by atoms with Gasteiger partial charge in [0.2, 0.25) is 11.8 Å². The van der Waals surface area contributed by atoms with Gasteiger partial charge in [0.05, 0.1) is 17.3 Å². The largest absolute Gasteiger partial charge is 0.369 e. The van der Waals surface area contributed by atoms with E-state index in [1.54, 1.807) is 0 Å². The van der Waals surface area contributed by atoms with Crippen molar-refractivity contribution in [2.45, 2.75) is 64.3 Å². The van der Waals surface area contributed by atoms with Crippen molar-refractivity contribution in [1.82, 2.24) is 0 Å². The first-order chi connectivity index (χ1) is 15.1. The van der Waals surface area contributed by atoms with Crippen molar-refractivity contribution in [3.05, 3.63) is 65.7 Å². The fourth-order valence-corrected chi connectivity index (χ4v) is 4.15. The van der Waals surface area contributed by atoms with E-state index in [1.165, 1.54) is 25.7 Å². The van der Waals surface area contributed by atoms with E-state index in [-0.39, 0.29) is 5.91 Å². The Kier molecular flexibility index (Phi) is 8.39. The summed E-state index contributed by atoms with van der Waals surface area (Å²) >= 11 is 0. The molecule has 5 heteroatoms. The smallest absolute Gasteiger partial charge is 0.250 e. The van der Waals surface area contributed by atoms with E-state index in [4.69, 9.17) is 10.7 Å². The van der Waals surface area contributed by atoms with Crippen molar-refractivity contribution in [3.63, 3.8) is 0 Å². The van der Waals surface area contributed by atoms with E-state index in [0.717, 1.165) is 30.4 Å². The Morgan fingerprint density at radius 3 is 2.32 bits per heavy atom. The van der Waals surface area contributed by atoms with Gasteiger partial charge in [0, 0.05) is 11.1 Å². The molecule has 1 aliphatic rings. The highest BCUT2D eigenvalue weighted by Crippen LogP contribution is 2.28. The van der Waals surface area contributed by atoms with Crippen molar-refractivity contribution in [3.8, 4) is 0 Å². The Labute approximate surface area is 185 Å². The second kappa shape index (κ2) is 11.4. The van der Waals surface area contributed by atoms with Crippen LogP contribution >= 0.6 is 0 Å². The summed E-state index contributed by atoms with van der Waals surface area (Å²) in [6, 6.07) is 16.6. The summed E-state index contributed by atoms with van der Waals surface area (Å²) in [5.74, 6) is -1.36. The topological polar surface area (TPSA) is 84.6 Å². The van der Waals surface area contributed by atoms with Gasteiger partial charge in [0.25, 0.3) is 0 Å². The van der Waals surface area contributed by atoms with Crippen molar-refractivity contribution in [2.24, 2.45) is 16.6 Å². The lowest BCUT2D eigenvalue weighted by Crippen LogP contribution is -2.40. The third-order valence-corrected chi connectivity index (χ3v) is 5.89. The number of primary amides is 1. The Balaban J connectivity index is 1.82. The molecule has 0 fully saturated rings. The highest BCUT2D eigenvalue weighted by Gasteiger charge is 2.35. The van der Waals surface area contributed by atoms with Gasteiger partial charge in [-0.1, -0.05) is 100 Å². The second-order valence-electron chi connectivity index (χ2n) is 8.24. The number of rotatable bonds is 11. The van der Waals surface area contributed by atoms with E-state index < -0.39 is 17.9 Å². The molecule has 0 saturated carbocycles. The van der Waals surface area contributed by atoms with Gasteiger partial charge in [-0.2, -0.15) is 0 Å². The fraction of sp³-hybridized carbons (Fsp3) is 0.423. The average Bonchev–Trinajstić information content (AvgIpc) is 2.92. The number of carbonyl (C=O) groups excluding carboxylic acids is 2. The number of carbonyl (C=O) groups is 2. The van der Waals surface area contributed by atoms with Crippen LogP contribution in [0.5, 0.6) is 0 Å². The van der Waals surface area contributed by atoms with E-state index in [9.17, 15) is 9.59 Å². The maximum absolute atomic E-state index is 13.1. The van der Waals surface area contributed by atoms with Crippen LogP contribution in [-0.2, 0) is 9.59 Å². The quantitative estimate of drug-likeness (QED) is 0.497. The molecule has 2 aromatic carbocycles. The highest BCUT2D eigenvalue weighted by molar-refractivity contribution is 6.20. The lowest BCUT2D eigenvalue weighted by Gasteiger charge is -2.20. The summed E-state index contributed by atoms with van der Waals surface area (Å²) in [5, 5.41) is 2.97. The molecule has 5 nitrogen and oxygen atoms in total. The second-order valence-corrected chi connectivity index (χ2v) is 8.24. The van der Waals surface area contributed by atoms with Gasteiger partial charge in [0.15, 0.2) is 0 Å². The number of nitrogens with zero attached hydrogens (tertiary/aromatic N) is 1. The maximum Gasteiger partial charge on any atom is 0.250 e. The lowest BCUT2D eigenvalue weighted by atomic mass is 9.91. The molecule has 2 amide bonds.